The maximum absolute atomic E-state index is 10.7. The third-order valence-electron chi connectivity index (χ3n) is 4.55. The number of aliphatic hydroxyl groups excluding tert-OH is 1. The van der Waals surface area contributed by atoms with Gasteiger partial charge in [-0.15, -0.1) is 11.3 Å². The third-order valence-corrected chi connectivity index (χ3v) is 6.11. The van der Waals surface area contributed by atoms with Gasteiger partial charge in [-0.1, -0.05) is 27.7 Å². The van der Waals surface area contributed by atoms with Crippen LogP contribution in [0.2, 0.25) is 0 Å². The molecule has 0 spiro atoms. The zero-order valence-corrected chi connectivity index (χ0v) is 13.8. The number of aliphatic hydroxyl groups is 1. The van der Waals surface area contributed by atoms with Crippen LogP contribution in [0, 0.1) is 22.7 Å². The van der Waals surface area contributed by atoms with Gasteiger partial charge in [-0.25, -0.2) is 0 Å². The summed E-state index contributed by atoms with van der Waals surface area (Å²) in [4.78, 5) is 2.22. The highest BCUT2D eigenvalue weighted by atomic mass is 32.1. The van der Waals surface area contributed by atoms with Crippen molar-refractivity contribution in [3.8, 4) is 6.07 Å². The number of rotatable bonds is 2. The highest BCUT2D eigenvalue weighted by molar-refractivity contribution is 7.12. The van der Waals surface area contributed by atoms with Gasteiger partial charge < -0.3 is 5.11 Å². The van der Waals surface area contributed by atoms with Gasteiger partial charge in [0.05, 0.1) is 11.5 Å². The molecule has 110 valence electrons. The molecule has 1 heterocycles. The van der Waals surface area contributed by atoms with E-state index in [0.29, 0.717) is 5.92 Å². The second kappa shape index (κ2) is 5.50. The summed E-state index contributed by atoms with van der Waals surface area (Å²) in [6.07, 6.45) is 3.08. The first kappa shape index (κ1) is 15.5. The number of nitrogens with zero attached hydrogens (tertiary/aromatic N) is 1. The topological polar surface area (TPSA) is 44.0 Å². The lowest BCUT2D eigenvalue weighted by molar-refractivity contribution is 0.0292. The van der Waals surface area contributed by atoms with Crippen molar-refractivity contribution >= 4 is 11.3 Å². The fourth-order valence-electron chi connectivity index (χ4n) is 2.90. The van der Waals surface area contributed by atoms with Crippen LogP contribution in [0.25, 0.3) is 0 Å². The molecule has 1 aliphatic carbocycles. The summed E-state index contributed by atoms with van der Waals surface area (Å²) in [7, 11) is 0. The van der Waals surface area contributed by atoms with E-state index in [-0.39, 0.29) is 5.41 Å². The van der Waals surface area contributed by atoms with Gasteiger partial charge in [0.15, 0.2) is 0 Å². The predicted molar refractivity (Wildman–Crippen MR) is 83.7 cm³/mol. The lowest BCUT2D eigenvalue weighted by atomic mass is 9.68. The zero-order chi connectivity index (χ0) is 15.0. The van der Waals surface area contributed by atoms with Crippen molar-refractivity contribution in [2.24, 2.45) is 11.3 Å². The van der Waals surface area contributed by atoms with E-state index >= 15 is 0 Å². The Labute approximate surface area is 126 Å². The lowest BCUT2D eigenvalue weighted by Gasteiger charge is -2.37. The molecule has 20 heavy (non-hydrogen) atoms. The predicted octanol–water partition coefficient (Wildman–Crippen LogP) is 4.80. The van der Waals surface area contributed by atoms with Crippen molar-refractivity contribution in [1.29, 1.82) is 5.26 Å². The van der Waals surface area contributed by atoms with E-state index in [2.05, 4.69) is 39.8 Å². The first-order valence-electron chi connectivity index (χ1n) is 7.48. The van der Waals surface area contributed by atoms with Crippen LogP contribution in [-0.2, 0) is 5.41 Å². The van der Waals surface area contributed by atoms with Crippen molar-refractivity contribution in [2.75, 3.05) is 0 Å². The Kier molecular flexibility index (Phi) is 4.27. The van der Waals surface area contributed by atoms with Crippen molar-refractivity contribution in [3.63, 3.8) is 0 Å². The van der Waals surface area contributed by atoms with Gasteiger partial charge in [-0.05, 0) is 49.1 Å². The smallest absolute Gasteiger partial charge is 0.107 e. The number of thiophene rings is 1. The van der Waals surface area contributed by atoms with Gasteiger partial charge in [0.25, 0.3) is 0 Å². The van der Waals surface area contributed by atoms with Crippen molar-refractivity contribution in [1.82, 2.24) is 0 Å². The Morgan fingerprint density at radius 1 is 1.35 bits per heavy atom. The van der Waals surface area contributed by atoms with E-state index in [1.807, 2.05) is 6.07 Å². The van der Waals surface area contributed by atoms with Crippen LogP contribution < -0.4 is 0 Å². The van der Waals surface area contributed by atoms with Crippen molar-refractivity contribution in [2.45, 2.75) is 64.9 Å². The third kappa shape index (κ3) is 2.92. The molecule has 0 aromatic carbocycles. The summed E-state index contributed by atoms with van der Waals surface area (Å²) in [5, 5.41) is 20.4. The van der Waals surface area contributed by atoms with E-state index in [4.69, 9.17) is 0 Å². The molecule has 1 saturated carbocycles. The maximum atomic E-state index is 10.7. The molecule has 1 aliphatic rings. The summed E-state index contributed by atoms with van der Waals surface area (Å²) in [6.45, 7) is 8.77. The number of hydrogen-bond acceptors (Lipinski definition) is 3. The molecule has 2 nitrogen and oxygen atoms in total. The molecule has 0 amide bonds. The van der Waals surface area contributed by atoms with E-state index in [1.165, 1.54) is 4.88 Å². The number of nitriles is 1. The van der Waals surface area contributed by atoms with Gasteiger partial charge in [0.2, 0.25) is 0 Å². The molecular weight excluding hydrogens is 266 g/mol. The van der Waals surface area contributed by atoms with Gasteiger partial charge in [0, 0.05) is 9.75 Å². The summed E-state index contributed by atoms with van der Waals surface area (Å²) in [5.74, 6) is 0.678. The Balaban J connectivity index is 2.23. The second-order valence-electron chi connectivity index (χ2n) is 7.31. The average Bonchev–Trinajstić information content (AvgIpc) is 2.89. The minimum absolute atomic E-state index is 0.101. The highest BCUT2D eigenvalue weighted by Crippen LogP contribution is 2.48. The SMILES string of the molecule is CC1CCC(C#N)(C(O)c2ccc(C(C)(C)C)s2)CC1. The van der Waals surface area contributed by atoms with E-state index in [0.717, 1.165) is 30.6 Å². The Morgan fingerprint density at radius 3 is 2.40 bits per heavy atom. The first-order chi connectivity index (χ1) is 9.28. The van der Waals surface area contributed by atoms with Crippen LogP contribution in [0.4, 0.5) is 0 Å². The van der Waals surface area contributed by atoms with Crippen molar-refractivity contribution in [3.05, 3.63) is 21.9 Å². The van der Waals surface area contributed by atoms with Crippen LogP contribution in [0.1, 0.15) is 69.2 Å². The molecule has 3 heteroatoms. The zero-order valence-electron chi connectivity index (χ0n) is 12.9. The van der Waals surface area contributed by atoms with Gasteiger partial charge in [-0.2, -0.15) is 5.26 Å². The quantitative estimate of drug-likeness (QED) is 0.850. The molecule has 1 aromatic heterocycles. The molecule has 2 rings (SSSR count). The molecular formula is C17H25NOS. The summed E-state index contributed by atoms with van der Waals surface area (Å²) < 4.78 is 0. The molecule has 1 N–H and O–H groups in total. The standard InChI is InChI=1S/C17H25NOS/c1-12-7-9-17(11-18,10-8-12)15(19)13-5-6-14(20-13)16(2,3)4/h5-6,12,15,19H,7-10H2,1-4H3. The number of hydrogen-bond donors (Lipinski definition) is 1. The Hall–Kier alpha value is -0.850. The molecule has 1 aromatic rings. The monoisotopic (exact) mass is 291 g/mol. The summed E-state index contributed by atoms with van der Waals surface area (Å²) >= 11 is 1.66. The van der Waals surface area contributed by atoms with Gasteiger partial charge in [-0.3, -0.25) is 0 Å². The first-order valence-corrected chi connectivity index (χ1v) is 8.30. The average molecular weight is 291 g/mol. The van der Waals surface area contributed by atoms with E-state index in [1.54, 1.807) is 11.3 Å². The maximum Gasteiger partial charge on any atom is 0.107 e. The lowest BCUT2D eigenvalue weighted by Crippen LogP contribution is -2.31. The normalized spacial score (nSPS) is 28.9. The molecule has 0 aliphatic heterocycles. The van der Waals surface area contributed by atoms with E-state index in [9.17, 15) is 10.4 Å². The fourth-order valence-corrected chi connectivity index (χ4v) is 4.07. The molecule has 1 atom stereocenters. The highest BCUT2D eigenvalue weighted by Gasteiger charge is 2.42. The molecule has 1 fully saturated rings. The second-order valence-corrected chi connectivity index (χ2v) is 8.42. The van der Waals surface area contributed by atoms with Crippen molar-refractivity contribution < 1.29 is 5.11 Å². The van der Waals surface area contributed by atoms with Gasteiger partial charge >= 0.3 is 0 Å². The molecule has 1 unspecified atom stereocenters. The molecule has 0 bridgehead atoms. The van der Waals surface area contributed by atoms with Crippen LogP contribution in [-0.4, -0.2) is 5.11 Å². The van der Waals surface area contributed by atoms with Crippen LogP contribution >= 0.6 is 11.3 Å². The molecule has 0 saturated heterocycles. The minimum atomic E-state index is -0.638. The fraction of sp³-hybridized carbons (Fsp3) is 0.706. The Morgan fingerprint density at radius 2 is 1.95 bits per heavy atom. The Bertz CT molecular complexity index is 498. The molecule has 0 radical (unpaired) electrons. The largest absolute Gasteiger partial charge is 0.386 e. The van der Waals surface area contributed by atoms with Crippen LogP contribution in [0.3, 0.4) is 0 Å². The van der Waals surface area contributed by atoms with Gasteiger partial charge in [0.1, 0.15) is 6.10 Å². The minimum Gasteiger partial charge on any atom is -0.386 e. The van der Waals surface area contributed by atoms with Crippen LogP contribution in [0.5, 0.6) is 0 Å². The van der Waals surface area contributed by atoms with E-state index < -0.39 is 11.5 Å². The summed E-state index contributed by atoms with van der Waals surface area (Å²) in [6, 6.07) is 6.54. The summed E-state index contributed by atoms with van der Waals surface area (Å²) in [5.41, 5.74) is -0.476. The van der Waals surface area contributed by atoms with Crippen LogP contribution in [0.15, 0.2) is 12.1 Å².